The quantitative estimate of drug-likeness (QED) is 0.128. The van der Waals surface area contributed by atoms with Gasteiger partial charge in [-0.25, -0.2) is 0 Å². The van der Waals surface area contributed by atoms with Gasteiger partial charge in [0, 0.05) is 157 Å². The lowest BCUT2D eigenvalue weighted by Crippen LogP contribution is -1.93. The van der Waals surface area contributed by atoms with E-state index >= 15 is 0 Å². The van der Waals surface area contributed by atoms with Crippen LogP contribution in [0.2, 0.25) is 0 Å². The highest BCUT2D eigenvalue weighted by molar-refractivity contribution is 7.27. The lowest BCUT2D eigenvalue weighted by atomic mass is 9.80. The zero-order chi connectivity index (χ0) is 22.3. The molecule has 0 saturated heterocycles. The predicted octanol–water partition coefficient (Wildman–Crippen LogP) is 12.5. The average molecular weight is 559 g/mol. The van der Waals surface area contributed by atoms with E-state index in [0.29, 0.717) is 0 Å². The molecule has 0 unspecified atom stereocenters. The highest BCUT2D eigenvalue weighted by Crippen LogP contribution is 2.63. The Morgan fingerprint density at radius 2 is 0.389 bits per heavy atom. The van der Waals surface area contributed by atoms with Gasteiger partial charge < -0.3 is 0 Å². The summed E-state index contributed by atoms with van der Waals surface area (Å²) in [7, 11) is 0. The van der Waals surface area contributed by atoms with E-state index in [-0.39, 0.29) is 0 Å². The molecular formula is C30H6S6. The Hall–Kier alpha value is -2.58. The smallest absolute Gasteiger partial charge is 0.0443 e. The number of hydrogen-bond donors (Lipinski definition) is 0. The van der Waals surface area contributed by atoms with Crippen LogP contribution in [-0.2, 0) is 0 Å². The predicted molar refractivity (Wildman–Crippen MR) is 171 cm³/mol. The van der Waals surface area contributed by atoms with Gasteiger partial charge in [0.15, 0.2) is 0 Å². The molecule has 0 fully saturated rings. The highest BCUT2D eigenvalue weighted by Gasteiger charge is 2.33. The van der Waals surface area contributed by atoms with Gasteiger partial charge in [0.2, 0.25) is 0 Å². The Balaban J connectivity index is 1.68. The van der Waals surface area contributed by atoms with Crippen LogP contribution in [0.3, 0.4) is 0 Å². The fraction of sp³-hybridized carbons (Fsp3) is 0. The summed E-state index contributed by atoms with van der Waals surface area (Å²) >= 11 is 11.8. The van der Waals surface area contributed by atoms with Crippen molar-refractivity contribution in [1.29, 1.82) is 0 Å². The molecule has 0 saturated carbocycles. The summed E-state index contributed by atoms with van der Waals surface area (Å²) in [6.07, 6.45) is 0. The van der Waals surface area contributed by atoms with Crippen LogP contribution in [0.25, 0.3) is 125 Å². The highest BCUT2D eigenvalue weighted by atomic mass is 32.1. The summed E-state index contributed by atoms with van der Waals surface area (Å²) < 4.78 is 8.99. The summed E-state index contributed by atoms with van der Waals surface area (Å²) in [5.74, 6) is 0. The van der Waals surface area contributed by atoms with E-state index < -0.39 is 0 Å². The van der Waals surface area contributed by atoms with Crippen molar-refractivity contribution in [2.45, 2.75) is 0 Å². The van der Waals surface area contributed by atoms with Crippen molar-refractivity contribution in [1.82, 2.24) is 0 Å². The van der Waals surface area contributed by atoms with Crippen molar-refractivity contribution < 1.29 is 0 Å². The summed E-state index contributed by atoms with van der Waals surface area (Å²) in [5, 5.41) is 42.2. The Morgan fingerprint density at radius 3 is 0.556 bits per heavy atom. The first-order valence-electron chi connectivity index (χ1n) is 11.9. The van der Waals surface area contributed by atoms with E-state index in [1.54, 1.807) is 32.3 Å². The first-order chi connectivity index (χ1) is 17.9. The molecule has 0 aliphatic rings. The fourth-order valence-corrected chi connectivity index (χ4v) is 15.1. The Kier molecular flexibility index (Phi) is 2.28. The molecule has 0 aliphatic heterocycles. The molecule has 13 aromatic rings. The summed E-state index contributed by atoms with van der Waals surface area (Å²) in [5.41, 5.74) is 0. The van der Waals surface area contributed by atoms with Crippen LogP contribution in [0.4, 0.5) is 0 Å². The van der Waals surface area contributed by atoms with Crippen LogP contribution in [0.15, 0.2) is 32.3 Å². The molecule has 162 valence electrons. The van der Waals surface area contributed by atoms with Gasteiger partial charge in [0.25, 0.3) is 0 Å². The summed E-state index contributed by atoms with van der Waals surface area (Å²) in [6.45, 7) is 0. The summed E-state index contributed by atoms with van der Waals surface area (Å²) in [6, 6.07) is 0. The van der Waals surface area contributed by atoms with Gasteiger partial charge in [-0.3, -0.25) is 0 Å². The minimum Gasteiger partial charge on any atom is -0.142 e. The molecule has 0 bridgehead atoms. The molecule has 13 rings (SSSR count). The van der Waals surface area contributed by atoms with Gasteiger partial charge in [-0.15, -0.1) is 68.0 Å². The maximum absolute atomic E-state index is 2.46. The third kappa shape index (κ3) is 1.34. The molecule has 36 heavy (non-hydrogen) atoms. The fourth-order valence-electron chi connectivity index (χ4n) is 8.08. The maximum atomic E-state index is 2.46. The van der Waals surface area contributed by atoms with Crippen molar-refractivity contribution in [2.75, 3.05) is 0 Å². The van der Waals surface area contributed by atoms with E-state index in [9.17, 15) is 0 Å². The maximum Gasteiger partial charge on any atom is 0.0443 e. The number of fused-ring (bicyclic) bond motifs is 6. The third-order valence-electron chi connectivity index (χ3n) is 9.21. The van der Waals surface area contributed by atoms with Crippen LogP contribution < -0.4 is 0 Å². The van der Waals surface area contributed by atoms with Crippen molar-refractivity contribution in [3.05, 3.63) is 32.3 Å². The van der Waals surface area contributed by atoms with E-state index in [4.69, 9.17) is 0 Å². The van der Waals surface area contributed by atoms with Gasteiger partial charge in [-0.05, 0) is 0 Å². The van der Waals surface area contributed by atoms with Crippen LogP contribution in [0.5, 0.6) is 0 Å². The van der Waals surface area contributed by atoms with Crippen LogP contribution in [-0.4, -0.2) is 0 Å². The molecule has 0 atom stereocenters. The molecule has 6 heterocycles. The number of hydrogen-bond acceptors (Lipinski definition) is 6. The normalized spacial score (nSPS) is 14.7. The van der Waals surface area contributed by atoms with Crippen LogP contribution in [0.1, 0.15) is 0 Å². The topological polar surface area (TPSA) is 0 Å². The number of rotatable bonds is 0. The second-order valence-electron chi connectivity index (χ2n) is 10.4. The zero-order valence-electron chi connectivity index (χ0n) is 17.9. The van der Waals surface area contributed by atoms with Crippen LogP contribution in [0, 0.1) is 0 Å². The minimum atomic E-state index is 1.48. The van der Waals surface area contributed by atoms with E-state index in [1.807, 2.05) is 68.0 Å². The van der Waals surface area contributed by atoms with Crippen molar-refractivity contribution >= 4 is 193 Å². The molecule has 0 N–H and O–H groups in total. The van der Waals surface area contributed by atoms with E-state index in [0.717, 1.165) is 0 Å². The Morgan fingerprint density at radius 1 is 0.222 bits per heavy atom. The average Bonchev–Trinajstić information content (AvgIpc) is 3.70. The molecule has 6 heteroatoms. The van der Waals surface area contributed by atoms with E-state index in [2.05, 4.69) is 32.3 Å². The van der Waals surface area contributed by atoms with Crippen molar-refractivity contribution in [2.24, 2.45) is 0 Å². The third-order valence-corrected chi connectivity index (χ3v) is 15.3. The van der Waals surface area contributed by atoms with Crippen molar-refractivity contribution in [3.8, 4) is 0 Å². The first-order valence-corrected chi connectivity index (χ1v) is 17.1. The Bertz CT molecular complexity index is 2310. The second kappa shape index (κ2) is 4.83. The van der Waals surface area contributed by atoms with Gasteiger partial charge in [0.05, 0.1) is 0 Å². The molecule has 0 spiro atoms. The number of thiophene rings is 6. The molecule has 7 aromatic carbocycles. The zero-order valence-corrected chi connectivity index (χ0v) is 22.8. The van der Waals surface area contributed by atoms with Gasteiger partial charge in [-0.2, -0.15) is 0 Å². The molecule has 0 nitrogen and oxygen atoms in total. The van der Waals surface area contributed by atoms with Gasteiger partial charge >= 0.3 is 0 Å². The summed E-state index contributed by atoms with van der Waals surface area (Å²) in [4.78, 5) is 0. The number of benzene rings is 7. The van der Waals surface area contributed by atoms with E-state index in [1.165, 1.54) is 92.8 Å². The molecular weight excluding hydrogens is 553 g/mol. The van der Waals surface area contributed by atoms with Crippen LogP contribution >= 0.6 is 68.0 Å². The SMILES string of the molecule is c1sc2c3csc4c5csc6c7csc8c9csc%10c%11csc%12c1c2c1c(c%11%12)c(c9%10)c(c78)c(c56)c1c34. The van der Waals surface area contributed by atoms with Gasteiger partial charge in [0.1, 0.15) is 0 Å². The largest absolute Gasteiger partial charge is 0.142 e. The lowest BCUT2D eigenvalue weighted by Gasteiger charge is -2.22. The molecule has 0 aliphatic carbocycles. The van der Waals surface area contributed by atoms with Crippen molar-refractivity contribution in [3.63, 3.8) is 0 Å². The second-order valence-corrected chi connectivity index (χ2v) is 15.6. The first kappa shape index (κ1) is 17.0. The van der Waals surface area contributed by atoms with Gasteiger partial charge in [-0.1, -0.05) is 0 Å². The minimum absolute atomic E-state index is 1.48. The monoisotopic (exact) mass is 558 g/mol. The molecule has 0 amide bonds. The Labute approximate surface area is 223 Å². The molecule has 6 aromatic heterocycles. The molecule has 0 radical (unpaired) electrons. The lowest BCUT2D eigenvalue weighted by molar-refractivity contribution is 2.10. The standard InChI is InChI=1S/C30H6S6/c1-7-13-19-20-14-9(3-32-25(7)14)27-16-11(5-34-27)30-18-12(6-36-30)29-17-10(4-35-29)28-15(8(2-33-28)26(13)31-1)21(19)23(17)24(18)22(16)20/h1-6H.